The molecule has 2 N–H and O–H groups in total. The molecule has 0 bridgehead atoms. The van der Waals surface area contributed by atoms with Gasteiger partial charge in [-0.3, -0.25) is 0 Å². The van der Waals surface area contributed by atoms with Gasteiger partial charge in [-0.25, -0.2) is 0 Å². The third kappa shape index (κ3) is 9.88. The molecule has 0 unspecified atom stereocenters. The average molecular weight is 174 g/mol. The molecule has 0 saturated carbocycles. The molecule has 0 aromatic rings. The molecular weight excluding hydrogens is 152 g/mol. The molecule has 0 spiro atoms. The van der Waals surface area contributed by atoms with Crippen LogP contribution in [0.2, 0.25) is 0 Å². The Kier molecular flexibility index (Phi) is 8.88. The quantitative estimate of drug-likeness (QED) is 0.529. The molecular formula is C9H22N2O. The number of hydrogen-bond donors (Lipinski definition) is 2. The predicted octanol–water partition coefficient (Wildman–Crippen LogP) is 0.610. The zero-order chi connectivity index (χ0) is 9.23. The summed E-state index contributed by atoms with van der Waals surface area (Å²) in [6.45, 7) is 8.26. The van der Waals surface area contributed by atoms with Crippen molar-refractivity contribution >= 4 is 0 Å². The molecule has 0 fully saturated rings. The fraction of sp³-hybridized carbons (Fsp3) is 1.00. The summed E-state index contributed by atoms with van der Waals surface area (Å²) in [7, 11) is 1.72. The summed E-state index contributed by atoms with van der Waals surface area (Å²) < 4.78 is 4.91. The number of nitrogens with one attached hydrogen (secondary N) is 2. The van der Waals surface area contributed by atoms with Gasteiger partial charge in [0.1, 0.15) is 0 Å². The van der Waals surface area contributed by atoms with E-state index in [0.717, 1.165) is 26.2 Å². The second-order valence-electron chi connectivity index (χ2n) is 3.21. The van der Waals surface area contributed by atoms with Crippen LogP contribution in [0.3, 0.4) is 0 Å². The molecule has 12 heavy (non-hydrogen) atoms. The molecule has 0 aromatic carbocycles. The van der Waals surface area contributed by atoms with Crippen LogP contribution in [0.4, 0.5) is 0 Å². The Balaban J connectivity index is 2.82. The van der Waals surface area contributed by atoms with Crippen LogP contribution in [0.5, 0.6) is 0 Å². The van der Waals surface area contributed by atoms with Gasteiger partial charge in [-0.15, -0.1) is 0 Å². The van der Waals surface area contributed by atoms with E-state index < -0.39 is 0 Å². The van der Waals surface area contributed by atoms with Gasteiger partial charge in [-0.1, -0.05) is 13.8 Å². The maximum Gasteiger partial charge on any atom is 0.0587 e. The summed E-state index contributed by atoms with van der Waals surface area (Å²) in [5.74, 6) is 0. The summed E-state index contributed by atoms with van der Waals surface area (Å²) in [5, 5.41) is 6.66. The summed E-state index contributed by atoms with van der Waals surface area (Å²) in [6, 6.07) is 0.601. The zero-order valence-electron chi connectivity index (χ0n) is 8.52. The zero-order valence-corrected chi connectivity index (χ0v) is 8.52. The van der Waals surface area contributed by atoms with Crippen molar-refractivity contribution in [1.29, 1.82) is 0 Å². The van der Waals surface area contributed by atoms with Gasteiger partial charge in [0.05, 0.1) is 6.61 Å². The minimum absolute atomic E-state index is 0.601. The highest BCUT2D eigenvalue weighted by atomic mass is 16.5. The topological polar surface area (TPSA) is 33.3 Å². The number of rotatable bonds is 8. The Labute approximate surface area is 75.9 Å². The molecule has 0 rings (SSSR count). The van der Waals surface area contributed by atoms with Crippen LogP contribution >= 0.6 is 0 Å². The molecule has 0 aliphatic carbocycles. The third-order valence-electron chi connectivity index (χ3n) is 1.57. The fourth-order valence-electron chi connectivity index (χ4n) is 0.903. The van der Waals surface area contributed by atoms with Crippen LogP contribution < -0.4 is 10.6 Å². The smallest absolute Gasteiger partial charge is 0.0587 e. The van der Waals surface area contributed by atoms with Crippen molar-refractivity contribution < 1.29 is 4.74 Å². The van der Waals surface area contributed by atoms with Crippen molar-refractivity contribution in [3.63, 3.8) is 0 Å². The molecule has 0 aliphatic heterocycles. The summed E-state index contributed by atoms with van der Waals surface area (Å²) >= 11 is 0. The van der Waals surface area contributed by atoms with Gasteiger partial charge >= 0.3 is 0 Å². The second-order valence-corrected chi connectivity index (χ2v) is 3.21. The first kappa shape index (κ1) is 11.9. The van der Waals surface area contributed by atoms with Crippen molar-refractivity contribution in [2.75, 3.05) is 33.4 Å². The second kappa shape index (κ2) is 8.97. The van der Waals surface area contributed by atoms with Crippen molar-refractivity contribution in [3.8, 4) is 0 Å². The lowest BCUT2D eigenvalue weighted by atomic mass is 10.3. The van der Waals surface area contributed by atoms with Crippen LogP contribution in [-0.4, -0.2) is 39.4 Å². The summed E-state index contributed by atoms with van der Waals surface area (Å²) in [6.07, 6.45) is 1.18. The highest BCUT2D eigenvalue weighted by molar-refractivity contribution is 4.54. The Bertz CT molecular complexity index is 86.6. The van der Waals surface area contributed by atoms with E-state index in [1.54, 1.807) is 7.11 Å². The van der Waals surface area contributed by atoms with Gasteiger partial charge in [0.2, 0.25) is 0 Å². The molecule has 74 valence electrons. The van der Waals surface area contributed by atoms with Crippen LogP contribution in [0, 0.1) is 0 Å². The van der Waals surface area contributed by atoms with E-state index in [4.69, 9.17) is 4.74 Å². The van der Waals surface area contributed by atoms with E-state index in [1.807, 2.05) is 0 Å². The lowest BCUT2D eigenvalue weighted by Gasteiger charge is -2.08. The van der Waals surface area contributed by atoms with Crippen LogP contribution in [0.15, 0.2) is 0 Å². The molecule has 0 amide bonds. The normalized spacial score (nSPS) is 11.0. The highest BCUT2D eigenvalue weighted by Gasteiger charge is 1.91. The van der Waals surface area contributed by atoms with Gasteiger partial charge in [0.15, 0.2) is 0 Å². The maximum absolute atomic E-state index is 4.91. The van der Waals surface area contributed by atoms with E-state index in [2.05, 4.69) is 24.5 Å². The van der Waals surface area contributed by atoms with Gasteiger partial charge in [0, 0.05) is 19.7 Å². The molecule has 3 heteroatoms. The third-order valence-corrected chi connectivity index (χ3v) is 1.57. The van der Waals surface area contributed by atoms with E-state index in [9.17, 15) is 0 Å². The first-order valence-corrected chi connectivity index (χ1v) is 4.70. The van der Waals surface area contributed by atoms with Crippen LogP contribution in [0.1, 0.15) is 20.3 Å². The van der Waals surface area contributed by atoms with Crippen LogP contribution in [0.25, 0.3) is 0 Å². The van der Waals surface area contributed by atoms with Gasteiger partial charge < -0.3 is 15.4 Å². The van der Waals surface area contributed by atoms with E-state index in [1.165, 1.54) is 6.42 Å². The van der Waals surface area contributed by atoms with Gasteiger partial charge in [-0.2, -0.15) is 0 Å². The Morgan fingerprint density at radius 3 is 2.50 bits per heavy atom. The summed E-state index contributed by atoms with van der Waals surface area (Å²) in [4.78, 5) is 0. The van der Waals surface area contributed by atoms with Gasteiger partial charge in [0.25, 0.3) is 0 Å². The minimum Gasteiger partial charge on any atom is -0.383 e. The fourth-order valence-corrected chi connectivity index (χ4v) is 0.903. The summed E-state index contributed by atoms with van der Waals surface area (Å²) in [5.41, 5.74) is 0. The molecule has 0 radical (unpaired) electrons. The lowest BCUT2D eigenvalue weighted by molar-refractivity contribution is 0.199. The van der Waals surface area contributed by atoms with Gasteiger partial charge in [-0.05, 0) is 19.5 Å². The van der Waals surface area contributed by atoms with Crippen molar-refractivity contribution in [2.45, 2.75) is 26.3 Å². The monoisotopic (exact) mass is 174 g/mol. The predicted molar refractivity (Wildman–Crippen MR) is 52.5 cm³/mol. The number of methoxy groups -OCH3 is 1. The average Bonchev–Trinajstić information content (AvgIpc) is 2.02. The van der Waals surface area contributed by atoms with Crippen molar-refractivity contribution in [3.05, 3.63) is 0 Å². The largest absolute Gasteiger partial charge is 0.383 e. The maximum atomic E-state index is 4.91. The molecule has 0 aliphatic rings. The Morgan fingerprint density at radius 2 is 1.92 bits per heavy atom. The lowest BCUT2D eigenvalue weighted by Crippen LogP contribution is -2.28. The van der Waals surface area contributed by atoms with Crippen LogP contribution in [-0.2, 0) is 4.74 Å². The Morgan fingerprint density at radius 1 is 1.17 bits per heavy atom. The molecule has 0 atom stereocenters. The first-order chi connectivity index (χ1) is 5.77. The van der Waals surface area contributed by atoms with E-state index in [-0.39, 0.29) is 0 Å². The first-order valence-electron chi connectivity index (χ1n) is 4.70. The number of ether oxygens (including phenoxy) is 1. The minimum atomic E-state index is 0.601. The number of hydrogen-bond acceptors (Lipinski definition) is 3. The van der Waals surface area contributed by atoms with Crippen molar-refractivity contribution in [1.82, 2.24) is 10.6 Å². The molecule has 3 nitrogen and oxygen atoms in total. The molecule has 0 heterocycles. The van der Waals surface area contributed by atoms with E-state index >= 15 is 0 Å². The highest BCUT2D eigenvalue weighted by Crippen LogP contribution is 1.78. The molecule has 0 aromatic heterocycles. The van der Waals surface area contributed by atoms with E-state index in [0.29, 0.717) is 6.04 Å². The molecule has 0 saturated heterocycles. The standard InChI is InChI=1S/C9H22N2O/c1-9(2)11-6-4-5-10-7-8-12-3/h9-11H,4-8H2,1-3H3. The SMILES string of the molecule is COCCNCCCNC(C)C. The van der Waals surface area contributed by atoms with Crippen molar-refractivity contribution in [2.24, 2.45) is 0 Å². The Hall–Kier alpha value is -0.120.